The van der Waals surface area contributed by atoms with Gasteiger partial charge in [0, 0.05) is 36.8 Å². The molecule has 0 radical (unpaired) electrons. The number of aromatic hydroxyl groups is 1. The van der Waals surface area contributed by atoms with Crippen LogP contribution in [0.2, 0.25) is 0 Å². The fourth-order valence-electron chi connectivity index (χ4n) is 7.79. The number of ketones is 2. The van der Waals surface area contributed by atoms with E-state index < -0.39 is 118 Å². The lowest BCUT2D eigenvalue weighted by Crippen LogP contribution is -2.63. The van der Waals surface area contributed by atoms with Gasteiger partial charge in [0.25, 0.3) is 5.91 Å². The minimum absolute atomic E-state index is 0.0169. The Labute approximate surface area is 335 Å². The van der Waals surface area contributed by atoms with Gasteiger partial charge in [-0.15, -0.1) is 0 Å². The van der Waals surface area contributed by atoms with Gasteiger partial charge in [0.1, 0.15) is 23.6 Å². The van der Waals surface area contributed by atoms with E-state index in [2.05, 4.69) is 5.32 Å². The molecule has 3 aliphatic carbocycles. The number of rotatable bonds is 9. The Morgan fingerprint density at radius 1 is 0.983 bits per heavy atom. The number of halogens is 3. The predicted octanol–water partition coefficient (Wildman–Crippen LogP) is 3.20. The van der Waals surface area contributed by atoms with Crippen LogP contribution >= 0.6 is 0 Å². The average molecular weight is 832 g/mol. The van der Waals surface area contributed by atoms with Crippen molar-refractivity contribution in [3.05, 3.63) is 75.3 Å². The van der Waals surface area contributed by atoms with Gasteiger partial charge in [-0.1, -0.05) is 0 Å². The zero-order chi connectivity index (χ0) is 44.3. The van der Waals surface area contributed by atoms with E-state index >= 15 is 0 Å². The van der Waals surface area contributed by atoms with E-state index in [-0.39, 0.29) is 29.7 Å². The number of aliphatic hydroxyl groups is 3. The second-order valence-corrected chi connectivity index (χ2v) is 15.8. The number of nitrogens with one attached hydrogen (secondary N) is 1. The Morgan fingerprint density at radius 2 is 1.59 bits per heavy atom. The largest absolute Gasteiger partial charge is 0.510 e. The number of carbonyl (C=O) groups is 6. The smallest absolute Gasteiger partial charge is 0.416 e. The third-order valence-corrected chi connectivity index (χ3v) is 10.6. The van der Waals surface area contributed by atoms with Gasteiger partial charge in [0.15, 0.2) is 17.1 Å². The van der Waals surface area contributed by atoms with Crippen molar-refractivity contribution >= 4 is 46.8 Å². The first-order valence-electron chi connectivity index (χ1n) is 18.0. The van der Waals surface area contributed by atoms with E-state index in [1.165, 1.54) is 25.1 Å². The highest BCUT2D eigenvalue weighted by Crippen LogP contribution is 2.54. The van der Waals surface area contributed by atoms with Gasteiger partial charge in [-0.2, -0.15) is 13.2 Å². The quantitative estimate of drug-likeness (QED) is 0.0920. The molecule has 0 bridgehead atoms. The first-order chi connectivity index (χ1) is 27.2. The number of anilines is 2. The van der Waals surface area contributed by atoms with Gasteiger partial charge in [-0.05, 0) is 89.5 Å². The van der Waals surface area contributed by atoms with E-state index in [0.717, 1.165) is 17.0 Å². The summed E-state index contributed by atoms with van der Waals surface area (Å²) in [5.41, 5.74) is -1.17. The van der Waals surface area contributed by atoms with Gasteiger partial charge in [0.2, 0.25) is 18.5 Å². The Kier molecular flexibility index (Phi) is 11.6. The van der Waals surface area contributed by atoms with Crippen LogP contribution in [0, 0.1) is 11.8 Å². The van der Waals surface area contributed by atoms with E-state index in [1.54, 1.807) is 39.8 Å². The van der Waals surface area contributed by atoms with E-state index in [9.17, 15) is 62.4 Å². The second-order valence-electron chi connectivity index (χ2n) is 15.8. The number of Topliss-reactive ketones (excluding diaryl/α,β-unsaturated/α-hetero) is 2. The number of alkyl halides is 3. The molecule has 59 heavy (non-hydrogen) atoms. The number of benzene rings is 2. The summed E-state index contributed by atoms with van der Waals surface area (Å²) in [6, 6.07) is 3.34. The third kappa shape index (κ3) is 7.88. The molecule has 0 fully saturated rings. The SMILES string of the molecule is CN(C)c1cc(NC(=O)CN(C(=O)OCOC(=O)c2ccc(C(F)(F)F)cc2)C(C)(C)C)c(O)c2c1C[C@H]1C[C@H]3[C@H](N(C)C)C(O)=C(C(N)=O)C(=O)[C@@]3(O)C(O)=C1C2=O. The number of nitrogens with zero attached hydrogens (tertiary/aromatic N) is 3. The first-order valence-corrected chi connectivity index (χ1v) is 18.0. The maximum Gasteiger partial charge on any atom is 0.416 e. The van der Waals surface area contributed by atoms with Crippen LogP contribution in [0.25, 0.3) is 0 Å². The standard InChI is InChI=1S/C39H44F3N5O12/c1-37(2,3)47(36(56)59-16-58-35(55)17-8-10-19(11-9-17)39(40,41)42)15-24(48)44-22-14-23(45(4)5)20-12-18-13-21-28(46(6)7)31(51)27(34(43)54)33(53)38(21,57)32(52)25(18)30(50)26(20)29(22)49/h8-11,14,18,21,28,49,51-52,57H,12-13,15-16H2,1-7H3,(H2,43,54)(H,44,48)/t18-,21-,28-,38-/m0/s1. The molecule has 0 spiro atoms. The van der Waals surface area contributed by atoms with Crippen LogP contribution in [-0.2, 0) is 36.5 Å². The van der Waals surface area contributed by atoms with Crippen molar-refractivity contribution in [3.8, 4) is 5.75 Å². The van der Waals surface area contributed by atoms with Crippen LogP contribution in [-0.4, -0.2) is 124 Å². The molecule has 20 heteroatoms. The summed E-state index contributed by atoms with van der Waals surface area (Å²) in [6.45, 7) is 2.98. The van der Waals surface area contributed by atoms with Crippen molar-refractivity contribution in [1.29, 1.82) is 0 Å². The summed E-state index contributed by atoms with van der Waals surface area (Å²) in [4.78, 5) is 83.3. The summed E-state index contributed by atoms with van der Waals surface area (Å²) in [5, 5.41) is 48.6. The van der Waals surface area contributed by atoms with E-state index in [0.29, 0.717) is 23.4 Å². The maximum absolute atomic E-state index is 14.4. The third-order valence-electron chi connectivity index (χ3n) is 10.6. The molecular weight excluding hydrogens is 787 g/mol. The van der Waals surface area contributed by atoms with E-state index in [1.807, 2.05) is 0 Å². The molecule has 7 N–H and O–H groups in total. The van der Waals surface area contributed by atoms with Gasteiger partial charge >= 0.3 is 18.2 Å². The summed E-state index contributed by atoms with van der Waals surface area (Å²) in [7, 11) is 6.29. The fraction of sp³-hybridized carbons (Fsp3) is 0.436. The summed E-state index contributed by atoms with van der Waals surface area (Å²) < 4.78 is 48.5. The summed E-state index contributed by atoms with van der Waals surface area (Å²) >= 11 is 0. The number of hydrogen-bond acceptors (Lipinski definition) is 14. The number of fused-ring (bicyclic) bond motifs is 3. The molecule has 2 aromatic carbocycles. The molecule has 0 aromatic heterocycles. The predicted molar refractivity (Wildman–Crippen MR) is 201 cm³/mol. The van der Waals surface area contributed by atoms with Gasteiger partial charge < -0.3 is 45.9 Å². The summed E-state index contributed by atoms with van der Waals surface area (Å²) in [5.74, 6) is -10.3. The van der Waals surface area contributed by atoms with Gasteiger partial charge in [-0.25, -0.2) is 9.59 Å². The number of esters is 1. The topological polar surface area (TPSA) is 250 Å². The van der Waals surface area contributed by atoms with Crippen LogP contribution in [0.3, 0.4) is 0 Å². The average Bonchev–Trinajstić information content (AvgIpc) is 3.11. The first kappa shape index (κ1) is 44.0. The molecule has 0 saturated carbocycles. The maximum atomic E-state index is 14.4. The molecule has 3 amide bonds. The molecule has 3 aliphatic rings. The molecule has 318 valence electrons. The number of aliphatic hydroxyl groups excluding tert-OH is 2. The molecule has 17 nitrogen and oxygen atoms in total. The van der Waals surface area contributed by atoms with Gasteiger partial charge in [0.05, 0.1) is 28.4 Å². The van der Waals surface area contributed by atoms with Gasteiger partial charge in [-0.3, -0.25) is 29.0 Å². The van der Waals surface area contributed by atoms with Crippen molar-refractivity contribution < 1.29 is 71.8 Å². The number of phenolic OH excluding ortho intramolecular Hbond substituents is 1. The fourth-order valence-corrected chi connectivity index (χ4v) is 7.79. The highest BCUT2D eigenvalue weighted by Gasteiger charge is 2.63. The van der Waals surface area contributed by atoms with Crippen molar-refractivity contribution in [2.24, 2.45) is 17.6 Å². The van der Waals surface area contributed by atoms with Crippen LogP contribution in [0.1, 0.15) is 59.0 Å². The zero-order valence-electron chi connectivity index (χ0n) is 33.1. The van der Waals surface area contributed by atoms with Crippen molar-refractivity contribution in [1.82, 2.24) is 9.80 Å². The minimum Gasteiger partial charge on any atom is -0.510 e. The molecule has 5 rings (SSSR count). The number of carbonyl (C=O) groups excluding carboxylic acids is 6. The monoisotopic (exact) mass is 831 g/mol. The molecule has 0 unspecified atom stereocenters. The molecule has 2 aromatic rings. The molecule has 0 aliphatic heterocycles. The normalized spacial score (nSPS) is 21.7. The van der Waals surface area contributed by atoms with Crippen LogP contribution < -0.4 is 16.0 Å². The Balaban J connectivity index is 1.40. The Hall–Kier alpha value is -6.15. The number of ether oxygens (including phenoxy) is 2. The molecule has 0 saturated heterocycles. The lowest BCUT2D eigenvalue weighted by atomic mass is 9.58. The van der Waals surface area contributed by atoms with Crippen LogP contribution in [0.15, 0.2) is 53.0 Å². The number of likely N-dealkylation sites (N-methyl/N-ethyl adjacent to an activating group) is 1. The van der Waals surface area contributed by atoms with Crippen molar-refractivity contribution in [2.75, 3.05) is 51.7 Å². The summed E-state index contributed by atoms with van der Waals surface area (Å²) in [6.07, 6.45) is -5.91. The number of hydrogen-bond donors (Lipinski definition) is 6. The van der Waals surface area contributed by atoms with E-state index in [4.69, 9.17) is 15.2 Å². The number of allylic oxidation sites excluding steroid dienone is 1. The van der Waals surface area contributed by atoms with Crippen molar-refractivity contribution in [3.63, 3.8) is 0 Å². The highest BCUT2D eigenvalue weighted by atomic mass is 19.4. The lowest BCUT2D eigenvalue weighted by Gasteiger charge is -2.50. The Morgan fingerprint density at radius 3 is 2.12 bits per heavy atom. The molecule has 0 heterocycles. The number of nitrogens with two attached hydrogens (primary N) is 1. The second kappa shape index (κ2) is 15.6. The zero-order valence-corrected chi connectivity index (χ0v) is 33.1. The number of phenols is 1. The lowest BCUT2D eigenvalue weighted by molar-refractivity contribution is -0.148. The molecule has 4 atom stereocenters. The minimum atomic E-state index is -4.63. The Bertz CT molecular complexity index is 2190. The number of primary amides is 1. The highest BCUT2D eigenvalue weighted by molar-refractivity contribution is 6.25. The number of amides is 3. The van der Waals surface area contributed by atoms with Crippen molar-refractivity contribution in [2.45, 2.75) is 57.0 Å². The van der Waals surface area contributed by atoms with Crippen LogP contribution in [0.4, 0.5) is 29.3 Å². The van der Waals surface area contributed by atoms with Crippen LogP contribution in [0.5, 0.6) is 5.75 Å². The molecular formula is C39H44F3N5O12.